The van der Waals surface area contributed by atoms with Gasteiger partial charge in [0.25, 0.3) is 0 Å². The Hall–Kier alpha value is -1.33. The highest BCUT2D eigenvalue weighted by atomic mass is 16.6. The molecule has 6 nitrogen and oxygen atoms in total. The first-order valence-corrected chi connectivity index (χ1v) is 4.33. The molecule has 0 aromatic rings. The van der Waals surface area contributed by atoms with Crippen LogP contribution < -0.4 is 0 Å². The molecular formula is C7H14N4O2. The van der Waals surface area contributed by atoms with E-state index in [4.69, 9.17) is 0 Å². The van der Waals surface area contributed by atoms with Crippen molar-refractivity contribution >= 4 is 6.34 Å². The molecule has 1 aliphatic rings. The van der Waals surface area contributed by atoms with Crippen LogP contribution in [0.25, 0.3) is 0 Å². The first-order valence-electron chi connectivity index (χ1n) is 4.33. The second-order valence-corrected chi connectivity index (χ2v) is 3.04. The van der Waals surface area contributed by atoms with Gasteiger partial charge in [0.1, 0.15) is 6.34 Å². The Kier molecular flexibility index (Phi) is 3.05. The minimum absolute atomic E-state index is 0.331. The maximum Gasteiger partial charge on any atom is 0.383 e. The maximum absolute atomic E-state index is 10.6. The van der Waals surface area contributed by atoms with Gasteiger partial charge in [-0.15, -0.1) is 0 Å². The zero-order valence-electron chi connectivity index (χ0n) is 7.88. The minimum Gasteiger partial charge on any atom is -0.282 e. The highest BCUT2D eigenvalue weighted by Gasteiger charge is 2.34. The van der Waals surface area contributed by atoms with Gasteiger partial charge in [0.2, 0.25) is 0 Å². The average molecular weight is 186 g/mol. The largest absolute Gasteiger partial charge is 0.383 e. The summed E-state index contributed by atoms with van der Waals surface area (Å²) >= 11 is 0. The lowest BCUT2D eigenvalue weighted by Crippen LogP contribution is -2.43. The first kappa shape index (κ1) is 9.76. The van der Waals surface area contributed by atoms with Crippen LogP contribution in [0.1, 0.15) is 19.8 Å². The smallest absolute Gasteiger partial charge is 0.282 e. The normalized spacial score (nSPS) is 21.2. The Bertz CT molecular complexity index is 219. The van der Waals surface area contributed by atoms with E-state index in [1.807, 2.05) is 6.92 Å². The Balaban J connectivity index is 2.53. The van der Waals surface area contributed by atoms with Crippen molar-refractivity contribution in [1.82, 2.24) is 9.91 Å². The summed E-state index contributed by atoms with van der Waals surface area (Å²) in [5, 5.41) is 16.1. The topological polar surface area (TPSA) is 62.0 Å². The van der Waals surface area contributed by atoms with E-state index in [1.165, 1.54) is 16.2 Å². The summed E-state index contributed by atoms with van der Waals surface area (Å²) < 4.78 is 0. The number of nitro groups is 1. The number of rotatable bonds is 4. The predicted molar refractivity (Wildman–Crippen MR) is 48.7 cm³/mol. The molecule has 0 aromatic carbocycles. The van der Waals surface area contributed by atoms with Gasteiger partial charge in [-0.2, -0.15) is 5.10 Å². The monoisotopic (exact) mass is 186 g/mol. The van der Waals surface area contributed by atoms with E-state index in [0.29, 0.717) is 6.54 Å². The molecule has 0 amide bonds. The van der Waals surface area contributed by atoms with E-state index < -0.39 is 6.29 Å². The van der Waals surface area contributed by atoms with Gasteiger partial charge in [-0.1, -0.05) is 13.3 Å². The number of nitrogens with zero attached hydrogens (tertiary/aromatic N) is 4. The van der Waals surface area contributed by atoms with E-state index >= 15 is 0 Å². The molecule has 0 spiro atoms. The van der Waals surface area contributed by atoms with Gasteiger partial charge in [0, 0.05) is 13.6 Å². The summed E-state index contributed by atoms with van der Waals surface area (Å²) in [5.41, 5.74) is 0. The van der Waals surface area contributed by atoms with Crippen molar-refractivity contribution < 1.29 is 4.92 Å². The van der Waals surface area contributed by atoms with E-state index in [9.17, 15) is 10.1 Å². The van der Waals surface area contributed by atoms with Crippen molar-refractivity contribution in [3.05, 3.63) is 10.1 Å². The molecule has 0 saturated carbocycles. The Morgan fingerprint density at radius 2 is 2.38 bits per heavy atom. The molecule has 0 aliphatic carbocycles. The summed E-state index contributed by atoms with van der Waals surface area (Å²) in [6.07, 6.45) is 2.62. The van der Waals surface area contributed by atoms with Gasteiger partial charge in [0.15, 0.2) is 0 Å². The zero-order valence-corrected chi connectivity index (χ0v) is 7.88. The highest BCUT2D eigenvalue weighted by Crippen LogP contribution is 2.11. The second-order valence-electron chi connectivity index (χ2n) is 3.04. The standard InChI is InChI=1S/C7H14N4O2/c1-3-4-5-10-7(11(12)13)9(2)6-8-10/h6-7H,3-5H2,1-2H3. The molecule has 1 unspecified atom stereocenters. The quantitative estimate of drug-likeness (QED) is 0.475. The molecule has 0 bridgehead atoms. The van der Waals surface area contributed by atoms with Crippen LogP contribution in [0.5, 0.6) is 0 Å². The van der Waals surface area contributed by atoms with Gasteiger partial charge < -0.3 is 0 Å². The molecule has 74 valence electrons. The van der Waals surface area contributed by atoms with E-state index in [0.717, 1.165) is 12.8 Å². The molecule has 0 radical (unpaired) electrons. The van der Waals surface area contributed by atoms with Crippen molar-refractivity contribution in [3.8, 4) is 0 Å². The number of unbranched alkanes of at least 4 members (excludes halogenated alkanes) is 1. The molecule has 0 N–H and O–H groups in total. The molecule has 0 saturated heterocycles. The highest BCUT2D eigenvalue weighted by molar-refractivity contribution is 5.55. The predicted octanol–water partition coefficient (Wildman–Crippen LogP) is 0.538. The number of hydrazone groups is 1. The maximum atomic E-state index is 10.6. The first-order chi connectivity index (χ1) is 6.16. The summed E-state index contributed by atoms with van der Waals surface area (Å²) in [7, 11) is 1.66. The average Bonchev–Trinajstić information content (AvgIpc) is 2.43. The van der Waals surface area contributed by atoms with Crippen LogP contribution in [-0.2, 0) is 0 Å². The molecule has 1 rings (SSSR count). The molecule has 0 aromatic heterocycles. The summed E-state index contributed by atoms with van der Waals surface area (Å²) in [6.45, 7) is 2.69. The Morgan fingerprint density at radius 3 is 2.92 bits per heavy atom. The molecule has 13 heavy (non-hydrogen) atoms. The van der Waals surface area contributed by atoms with Crippen LogP contribution in [0.3, 0.4) is 0 Å². The van der Waals surface area contributed by atoms with Crippen LogP contribution in [0.4, 0.5) is 0 Å². The van der Waals surface area contributed by atoms with Crippen LogP contribution >= 0.6 is 0 Å². The number of hydrogen-bond donors (Lipinski definition) is 0. The lowest BCUT2D eigenvalue weighted by Gasteiger charge is -2.19. The van der Waals surface area contributed by atoms with Crippen LogP contribution in [0.15, 0.2) is 5.10 Å². The van der Waals surface area contributed by atoms with Crippen LogP contribution in [-0.4, -0.2) is 41.1 Å². The lowest BCUT2D eigenvalue weighted by atomic mass is 10.3. The van der Waals surface area contributed by atoms with Crippen molar-refractivity contribution in [2.24, 2.45) is 5.10 Å². The second kappa shape index (κ2) is 4.06. The summed E-state index contributed by atoms with van der Waals surface area (Å²) in [4.78, 5) is 11.8. The van der Waals surface area contributed by atoms with Crippen LogP contribution in [0, 0.1) is 10.1 Å². The zero-order chi connectivity index (χ0) is 9.84. The third kappa shape index (κ3) is 2.07. The molecule has 1 atom stereocenters. The molecule has 6 heteroatoms. The van der Waals surface area contributed by atoms with Crippen molar-refractivity contribution in [1.29, 1.82) is 0 Å². The Labute approximate surface area is 77.0 Å². The van der Waals surface area contributed by atoms with Crippen molar-refractivity contribution in [2.45, 2.75) is 26.1 Å². The lowest BCUT2D eigenvalue weighted by molar-refractivity contribution is -0.569. The van der Waals surface area contributed by atoms with Crippen LogP contribution in [0.2, 0.25) is 0 Å². The van der Waals surface area contributed by atoms with E-state index in [1.54, 1.807) is 7.05 Å². The molecule has 1 heterocycles. The fraction of sp³-hybridized carbons (Fsp3) is 0.857. The van der Waals surface area contributed by atoms with E-state index in [-0.39, 0.29) is 4.92 Å². The van der Waals surface area contributed by atoms with Gasteiger partial charge in [0.05, 0.1) is 4.92 Å². The number of hydrogen-bond acceptors (Lipinski definition) is 5. The summed E-state index contributed by atoms with van der Waals surface area (Å²) in [6, 6.07) is 0. The Morgan fingerprint density at radius 1 is 1.69 bits per heavy atom. The fourth-order valence-corrected chi connectivity index (χ4v) is 1.23. The molecule has 1 aliphatic heterocycles. The van der Waals surface area contributed by atoms with Gasteiger partial charge in [-0.25, -0.2) is 5.01 Å². The van der Waals surface area contributed by atoms with Gasteiger partial charge in [-0.3, -0.25) is 15.0 Å². The van der Waals surface area contributed by atoms with Crippen molar-refractivity contribution in [2.75, 3.05) is 13.6 Å². The summed E-state index contributed by atoms with van der Waals surface area (Å²) in [5.74, 6) is 0. The SMILES string of the molecule is CCCCN1N=CN(C)C1[N+](=O)[O-]. The van der Waals surface area contributed by atoms with Crippen molar-refractivity contribution in [3.63, 3.8) is 0 Å². The third-order valence-corrected chi connectivity index (χ3v) is 1.94. The minimum atomic E-state index is -0.813. The van der Waals surface area contributed by atoms with Gasteiger partial charge in [-0.05, 0) is 6.42 Å². The van der Waals surface area contributed by atoms with Gasteiger partial charge >= 0.3 is 6.29 Å². The fourth-order valence-electron chi connectivity index (χ4n) is 1.23. The molecular weight excluding hydrogens is 172 g/mol. The molecule has 0 fully saturated rings. The van der Waals surface area contributed by atoms with E-state index in [2.05, 4.69) is 5.10 Å². The third-order valence-electron chi connectivity index (χ3n) is 1.94.